The predicted octanol–water partition coefficient (Wildman–Crippen LogP) is 2.57. The SMILES string of the molecule is CCOc1cccc(NC2CC2)c1[N+](=O)[O-]. The zero-order valence-corrected chi connectivity index (χ0v) is 9.10. The molecule has 1 saturated carbocycles. The molecule has 5 heteroatoms. The minimum absolute atomic E-state index is 0.0382. The van der Waals surface area contributed by atoms with Gasteiger partial charge in [0.15, 0.2) is 5.75 Å². The van der Waals surface area contributed by atoms with Crippen LogP contribution in [0, 0.1) is 10.1 Å². The van der Waals surface area contributed by atoms with Gasteiger partial charge < -0.3 is 10.1 Å². The molecule has 1 aliphatic carbocycles. The lowest BCUT2D eigenvalue weighted by Gasteiger charge is -2.09. The van der Waals surface area contributed by atoms with Crippen molar-refractivity contribution in [2.75, 3.05) is 11.9 Å². The van der Waals surface area contributed by atoms with Crippen LogP contribution in [-0.2, 0) is 0 Å². The first-order chi connectivity index (χ1) is 7.72. The predicted molar refractivity (Wildman–Crippen MR) is 60.9 cm³/mol. The summed E-state index contributed by atoms with van der Waals surface area (Å²) in [6.45, 7) is 2.23. The fourth-order valence-corrected chi connectivity index (χ4v) is 1.55. The summed E-state index contributed by atoms with van der Waals surface area (Å²) in [5, 5.41) is 14.1. The second kappa shape index (κ2) is 4.38. The Balaban J connectivity index is 2.33. The molecule has 0 bridgehead atoms. The van der Waals surface area contributed by atoms with Crippen molar-refractivity contribution in [1.29, 1.82) is 0 Å². The molecule has 0 atom stereocenters. The highest BCUT2D eigenvalue weighted by Crippen LogP contribution is 2.37. The van der Waals surface area contributed by atoms with Gasteiger partial charge >= 0.3 is 5.69 Å². The van der Waals surface area contributed by atoms with Crippen LogP contribution in [0.3, 0.4) is 0 Å². The molecule has 1 fully saturated rings. The zero-order valence-electron chi connectivity index (χ0n) is 9.10. The Kier molecular flexibility index (Phi) is 2.94. The van der Waals surface area contributed by atoms with Crippen LogP contribution >= 0.6 is 0 Å². The van der Waals surface area contributed by atoms with E-state index in [2.05, 4.69) is 5.32 Å². The molecule has 2 rings (SSSR count). The van der Waals surface area contributed by atoms with Crippen LogP contribution in [0.4, 0.5) is 11.4 Å². The third kappa shape index (κ3) is 2.24. The summed E-state index contributed by atoms with van der Waals surface area (Å²) in [6, 6.07) is 5.50. The van der Waals surface area contributed by atoms with Crippen LogP contribution < -0.4 is 10.1 Å². The van der Waals surface area contributed by atoms with Gasteiger partial charge in [0.1, 0.15) is 5.69 Å². The summed E-state index contributed by atoms with van der Waals surface area (Å²) in [7, 11) is 0. The van der Waals surface area contributed by atoms with E-state index in [1.165, 1.54) is 0 Å². The van der Waals surface area contributed by atoms with Crippen LogP contribution in [0.5, 0.6) is 5.75 Å². The number of nitro benzene ring substituents is 1. The summed E-state index contributed by atoms with van der Waals surface area (Å²) < 4.78 is 5.26. The zero-order chi connectivity index (χ0) is 11.5. The van der Waals surface area contributed by atoms with E-state index in [9.17, 15) is 10.1 Å². The highest BCUT2D eigenvalue weighted by Gasteiger charge is 2.27. The van der Waals surface area contributed by atoms with Gasteiger partial charge in [0.25, 0.3) is 0 Å². The van der Waals surface area contributed by atoms with Crippen molar-refractivity contribution in [1.82, 2.24) is 0 Å². The van der Waals surface area contributed by atoms with Crippen molar-refractivity contribution in [2.24, 2.45) is 0 Å². The highest BCUT2D eigenvalue weighted by molar-refractivity contribution is 5.69. The lowest BCUT2D eigenvalue weighted by Crippen LogP contribution is -2.06. The Morgan fingerprint density at radius 3 is 2.88 bits per heavy atom. The first-order valence-electron chi connectivity index (χ1n) is 5.39. The molecule has 1 aliphatic rings. The van der Waals surface area contributed by atoms with E-state index >= 15 is 0 Å². The number of anilines is 1. The monoisotopic (exact) mass is 222 g/mol. The van der Waals surface area contributed by atoms with Gasteiger partial charge in [-0.3, -0.25) is 10.1 Å². The summed E-state index contributed by atoms with van der Waals surface area (Å²) in [4.78, 5) is 10.6. The van der Waals surface area contributed by atoms with Gasteiger partial charge in [-0.05, 0) is 31.9 Å². The molecule has 0 aliphatic heterocycles. The second-order valence-electron chi connectivity index (χ2n) is 3.76. The lowest BCUT2D eigenvalue weighted by molar-refractivity contribution is -0.384. The van der Waals surface area contributed by atoms with Crippen LogP contribution in [-0.4, -0.2) is 17.6 Å². The molecule has 16 heavy (non-hydrogen) atoms. The van der Waals surface area contributed by atoms with Crippen LogP contribution in [0.25, 0.3) is 0 Å². The first-order valence-corrected chi connectivity index (χ1v) is 5.39. The molecule has 86 valence electrons. The lowest BCUT2D eigenvalue weighted by atomic mass is 10.2. The number of nitrogens with one attached hydrogen (secondary N) is 1. The van der Waals surface area contributed by atoms with Crippen molar-refractivity contribution in [3.63, 3.8) is 0 Å². The van der Waals surface area contributed by atoms with Crippen LogP contribution in [0.15, 0.2) is 18.2 Å². The van der Waals surface area contributed by atoms with E-state index < -0.39 is 4.92 Å². The third-order valence-corrected chi connectivity index (χ3v) is 2.42. The van der Waals surface area contributed by atoms with E-state index in [-0.39, 0.29) is 5.69 Å². The fourth-order valence-electron chi connectivity index (χ4n) is 1.55. The topological polar surface area (TPSA) is 64.4 Å². The summed E-state index contributed by atoms with van der Waals surface area (Å²) in [6.07, 6.45) is 2.16. The van der Waals surface area contributed by atoms with Gasteiger partial charge in [-0.25, -0.2) is 0 Å². The number of hydrogen-bond donors (Lipinski definition) is 1. The van der Waals surface area contributed by atoms with Crippen molar-refractivity contribution in [2.45, 2.75) is 25.8 Å². The number of ether oxygens (including phenoxy) is 1. The van der Waals surface area contributed by atoms with Gasteiger partial charge in [0.05, 0.1) is 11.5 Å². The average Bonchev–Trinajstić information content (AvgIpc) is 3.02. The molecule has 0 aromatic heterocycles. The maximum Gasteiger partial charge on any atom is 0.333 e. The Morgan fingerprint density at radius 2 is 2.31 bits per heavy atom. The van der Waals surface area contributed by atoms with Gasteiger partial charge in [-0.15, -0.1) is 0 Å². The summed E-state index contributed by atoms with van der Waals surface area (Å²) in [5.41, 5.74) is 0.592. The molecule has 0 heterocycles. The molecular weight excluding hydrogens is 208 g/mol. The minimum Gasteiger partial charge on any atom is -0.487 e. The van der Waals surface area contributed by atoms with E-state index in [0.717, 1.165) is 12.8 Å². The third-order valence-electron chi connectivity index (χ3n) is 2.42. The normalized spacial score (nSPS) is 14.6. The maximum absolute atomic E-state index is 11.0. The van der Waals surface area contributed by atoms with Gasteiger partial charge in [0.2, 0.25) is 0 Å². The Bertz CT molecular complexity index is 402. The summed E-state index contributed by atoms with van der Waals surface area (Å²) >= 11 is 0. The van der Waals surface area contributed by atoms with E-state index in [0.29, 0.717) is 24.1 Å². The summed E-state index contributed by atoms with van der Waals surface area (Å²) in [5.74, 6) is 0.332. The molecule has 1 aromatic rings. The number of benzene rings is 1. The number of rotatable bonds is 5. The quantitative estimate of drug-likeness (QED) is 0.614. The standard InChI is InChI=1S/C11H14N2O3/c1-2-16-10-5-3-4-9(11(10)13(14)15)12-8-6-7-8/h3-5,8,12H,2,6-7H2,1H3. The largest absolute Gasteiger partial charge is 0.487 e. The molecule has 1 N–H and O–H groups in total. The van der Waals surface area contributed by atoms with Crippen molar-refractivity contribution >= 4 is 11.4 Å². The maximum atomic E-state index is 11.0. The fraction of sp³-hybridized carbons (Fsp3) is 0.455. The van der Waals surface area contributed by atoms with Crippen LogP contribution in [0.2, 0.25) is 0 Å². The molecule has 0 saturated heterocycles. The number of hydrogen-bond acceptors (Lipinski definition) is 4. The van der Waals surface area contributed by atoms with Crippen molar-refractivity contribution < 1.29 is 9.66 Å². The smallest absolute Gasteiger partial charge is 0.333 e. The van der Waals surface area contributed by atoms with E-state index in [1.807, 2.05) is 6.92 Å². The molecule has 0 amide bonds. The van der Waals surface area contributed by atoms with E-state index in [1.54, 1.807) is 18.2 Å². The number of para-hydroxylation sites is 1. The Morgan fingerprint density at radius 1 is 1.56 bits per heavy atom. The van der Waals surface area contributed by atoms with Crippen molar-refractivity contribution in [3.05, 3.63) is 28.3 Å². The van der Waals surface area contributed by atoms with Gasteiger partial charge in [-0.1, -0.05) is 6.07 Å². The Hall–Kier alpha value is -1.78. The molecular formula is C11H14N2O3. The first kappa shape index (κ1) is 10.7. The molecule has 0 spiro atoms. The molecule has 0 unspecified atom stereocenters. The minimum atomic E-state index is -0.393. The number of nitrogens with zero attached hydrogens (tertiary/aromatic N) is 1. The second-order valence-corrected chi connectivity index (χ2v) is 3.76. The van der Waals surface area contributed by atoms with E-state index in [4.69, 9.17) is 4.74 Å². The Labute approximate surface area is 93.6 Å². The molecule has 5 nitrogen and oxygen atoms in total. The van der Waals surface area contributed by atoms with Crippen LogP contribution in [0.1, 0.15) is 19.8 Å². The molecule has 0 radical (unpaired) electrons. The average molecular weight is 222 g/mol. The highest BCUT2D eigenvalue weighted by atomic mass is 16.6. The van der Waals surface area contributed by atoms with Crippen molar-refractivity contribution in [3.8, 4) is 5.75 Å². The van der Waals surface area contributed by atoms with Gasteiger partial charge in [-0.2, -0.15) is 0 Å². The van der Waals surface area contributed by atoms with Gasteiger partial charge in [0, 0.05) is 6.04 Å². The molecule has 1 aromatic carbocycles. The number of nitro groups is 1.